The monoisotopic (exact) mass is 426 g/mol. The number of rotatable bonds is 3. The fourth-order valence-corrected chi connectivity index (χ4v) is 5.85. The average molecular weight is 427 g/mol. The molecule has 0 aliphatic carbocycles. The largest absolute Gasteiger partial charge is 0.134 e. The lowest BCUT2D eigenvalue weighted by atomic mass is 9.96. The summed E-state index contributed by atoms with van der Waals surface area (Å²) in [4.78, 5) is 0. The third kappa shape index (κ3) is 3.23. The Morgan fingerprint density at radius 1 is 0.438 bits per heavy atom. The molecule has 6 aromatic rings. The lowest BCUT2D eigenvalue weighted by Gasteiger charge is -2.08. The molecule has 1 aromatic heterocycles. The van der Waals surface area contributed by atoms with E-state index in [9.17, 15) is 0 Å². The van der Waals surface area contributed by atoms with Gasteiger partial charge in [0.15, 0.2) is 0 Å². The highest BCUT2D eigenvalue weighted by molar-refractivity contribution is 7.26. The van der Waals surface area contributed by atoms with E-state index in [-0.39, 0.29) is 0 Å². The van der Waals surface area contributed by atoms with Crippen LogP contribution in [0.3, 0.4) is 0 Å². The summed E-state index contributed by atoms with van der Waals surface area (Å²) in [6.45, 7) is 2.21. The van der Waals surface area contributed by atoms with Crippen molar-refractivity contribution in [2.24, 2.45) is 0 Å². The minimum atomic E-state index is 1.24. The number of hydrogen-bond acceptors (Lipinski definition) is 1. The van der Waals surface area contributed by atoms with E-state index in [0.29, 0.717) is 0 Å². The van der Waals surface area contributed by atoms with Gasteiger partial charge in [-0.2, -0.15) is 0 Å². The highest BCUT2D eigenvalue weighted by atomic mass is 32.1. The van der Waals surface area contributed by atoms with Crippen LogP contribution >= 0.6 is 11.3 Å². The molecule has 0 unspecified atom stereocenters. The van der Waals surface area contributed by atoms with E-state index in [0.717, 1.165) is 0 Å². The maximum Gasteiger partial charge on any atom is 0.0433 e. The van der Waals surface area contributed by atoms with Crippen molar-refractivity contribution in [1.82, 2.24) is 0 Å². The van der Waals surface area contributed by atoms with E-state index in [1.54, 1.807) is 0 Å². The van der Waals surface area contributed by atoms with E-state index in [1.165, 1.54) is 59.1 Å². The Morgan fingerprint density at radius 2 is 1.00 bits per heavy atom. The Hall–Kier alpha value is -3.68. The Labute approximate surface area is 192 Å². The zero-order chi connectivity index (χ0) is 21.5. The predicted molar refractivity (Wildman–Crippen MR) is 140 cm³/mol. The number of fused-ring (bicyclic) bond motifs is 3. The molecule has 5 aromatic carbocycles. The van der Waals surface area contributed by atoms with Gasteiger partial charge in [0.25, 0.3) is 0 Å². The van der Waals surface area contributed by atoms with Gasteiger partial charge in [0.05, 0.1) is 0 Å². The summed E-state index contributed by atoms with van der Waals surface area (Å²) in [5.74, 6) is 0. The highest BCUT2D eigenvalue weighted by Crippen LogP contribution is 2.41. The second-order valence-corrected chi connectivity index (χ2v) is 9.28. The molecule has 152 valence electrons. The number of benzene rings is 5. The molecular weight excluding hydrogens is 404 g/mol. The summed E-state index contributed by atoms with van der Waals surface area (Å²) in [7, 11) is 0. The van der Waals surface area contributed by atoms with Crippen LogP contribution in [0.1, 0.15) is 5.56 Å². The molecule has 0 saturated carbocycles. The molecule has 0 atom stereocenters. The first-order valence-electron chi connectivity index (χ1n) is 10.9. The molecule has 0 aliphatic rings. The fourth-order valence-electron chi connectivity index (χ4n) is 4.54. The summed E-state index contributed by atoms with van der Waals surface area (Å²) >= 11 is 1.91. The van der Waals surface area contributed by atoms with Crippen molar-refractivity contribution < 1.29 is 0 Å². The van der Waals surface area contributed by atoms with Crippen molar-refractivity contribution in [3.63, 3.8) is 0 Å². The number of aryl methyl sites for hydroxylation is 1. The third-order valence-corrected chi connectivity index (χ3v) is 7.61. The standard InChI is InChI=1S/C31H22S/c1-21-8-5-14-28-29-15-7-13-27(31(29)32-30(21)28)26-12-6-11-25(20-26)24-18-16-23(17-19-24)22-9-3-2-4-10-22/h2-20H,1H3. The van der Waals surface area contributed by atoms with Gasteiger partial charge >= 0.3 is 0 Å². The maximum atomic E-state index is 2.32. The normalized spacial score (nSPS) is 11.3. The predicted octanol–water partition coefficient (Wildman–Crippen LogP) is 9.36. The van der Waals surface area contributed by atoms with E-state index < -0.39 is 0 Å². The van der Waals surface area contributed by atoms with Gasteiger partial charge in [0.1, 0.15) is 0 Å². The van der Waals surface area contributed by atoms with Crippen molar-refractivity contribution in [2.45, 2.75) is 6.92 Å². The quantitative estimate of drug-likeness (QED) is 0.264. The molecule has 6 rings (SSSR count). The van der Waals surface area contributed by atoms with E-state index >= 15 is 0 Å². The fraction of sp³-hybridized carbons (Fsp3) is 0.0323. The van der Waals surface area contributed by atoms with Crippen LogP contribution in [0.5, 0.6) is 0 Å². The Balaban J connectivity index is 1.44. The Morgan fingerprint density at radius 3 is 1.78 bits per heavy atom. The van der Waals surface area contributed by atoms with E-state index in [1.807, 2.05) is 11.3 Å². The molecule has 0 amide bonds. The van der Waals surface area contributed by atoms with Gasteiger partial charge in [-0.3, -0.25) is 0 Å². The van der Waals surface area contributed by atoms with Gasteiger partial charge in [-0.1, -0.05) is 109 Å². The molecule has 0 bridgehead atoms. The Bertz CT molecular complexity index is 1550. The van der Waals surface area contributed by atoms with Crippen LogP contribution < -0.4 is 0 Å². The van der Waals surface area contributed by atoms with Gasteiger partial charge in [-0.25, -0.2) is 0 Å². The maximum absolute atomic E-state index is 2.32. The molecule has 1 heterocycles. The molecule has 0 saturated heterocycles. The second-order valence-electron chi connectivity index (χ2n) is 8.26. The van der Waals surface area contributed by atoms with Crippen LogP contribution in [0.25, 0.3) is 53.6 Å². The van der Waals surface area contributed by atoms with Gasteiger partial charge in [0.2, 0.25) is 0 Å². The Kier molecular flexibility index (Phi) is 4.63. The lowest BCUT2D eigenvalue weighted by Crippen LogP contribution is -1.83. The first kappa shape index (κ1) is 19.0. The highest BCUT2D eigenvalue weighted by Gasteiger charge is 2.12. The molecule has 1 heteroatoms. The second kappa shape index (κ2) is 7.78. The summed E-state index contributed by atoms with van der Waals surface area (Å²) in [5.41, 5.74) is 8.91. The third-order valence-electron chi connectivity index (χ3n) is 6.22. The van der Waals surface area contributed by atoms with Crippen LogP contribution in [0, 0.1) is 6.92 Å². The molecule has 0 N–H and O–H groups in total. The van der Waals surface area contributed by atoms with Gasteiger partial charge in [0, 0.05) is 20.2 Å². The molecule has 0 fully saturated rings. The average Bonchev–Trinajstić information content (AvgIpc) is 3.25. The minimum Gasteiger partial charge on any atom is -0.134 e. The summed E-state index contributed by atoms with van der Waals surface area (Å²) in [6.07, 6.45) is 0. The van der Waals surface area contributed by atoms with Crippen LogP contribution in [-0.2, 0) is 0 Å². The summed E-state index contributed by atoms with van der Waals surface area (Å²) in [6, 6.07) is 41.7. The van der Waals surface area contributed by atoms with Gasteiger partial charge in [-0.15, -0.1) is 11.3 Å². The van der Waals surface area contributed by atoms with Gasteiger partial charge in [-0.05, 0) is 51.9 Å². The first-order chi connectivity index (χ1) is 15.8. The van der Waals surface area contributed by atoms with Crippen LogP contribution in [0.15, 0.2) is 115 Å². The first-order valence-corrected chi connectivity index (χ1v) is 11.8. The van der Waals surface area contributed by atoms with Crippen molar-refractivity contribution >= 4 is 31.5 Å². The van der Waals surface area contributed by atoms with Crippen LogP contribution in [0.4, 0.5) is 0 Å². The van der Waals surface area contributed by atoms with E-state index in [2.05, 4.69) is 122 Å². The lowest BCUT2D eigenvalue weighted by molar-refractivity contribution is 1.56. The molecular formula is C31H22S. The van der Waals surface area contributed by atoms with Gasteiger partial charge < -0.3 is 0 Å². The molecule has 0 radical (unpaired) electrons. The molecule has 0 aliphatic heterocycles. The minimum absolute atomic E-state index is 1.24. The van der Waals surface area contributed by atoms with Crippen molar-refractivity contribution in [3.8, 4) is 33.4 Å². The molecule has 0 spiro atoms. The molecule has 32 heavy (non-hydrogen) atoms. The SMILES string of the molecule is Cc1cccc2c1sc1c(-c3cccc(-c4ccc(-c5ccccc5)cc4)c3)cccc12. The van der Waals surface area contributed by atoms with Crippen molar-refractivity contribution in [1.29, 1.82) is 0 Å². The topological polar surface area (TPSA) is 0 Å². The summed E-state index contributed by atoms with van der Waals surface area (Å²) < 4.78 is 2.76. The van der Waals surface area contributed by atoms with Crippen molar-refractivity contribution in [3.05, 3.63) is 121 Å². The zero-order valence-corrected chi connectivity index (χ0v) is 18.7. The summed E-state index contributed by atoms with van der Waals surface area (Å²) in [5, 5.41) is 2.71. The zero-order valence-electron chi connectivity index (χ0n) is 17.9. The number of thiophene rings is 1. The smallest absolute Gasteiger partial charge is 0.0433 e. The number of hydrogen-bond donors (Lipinski definition) is 0. The van der Waals surface area contributed by atoms with E-state index in [4.69, 9.17) is 0 Å². The van der Waals surface area contributed by atoms with Crippen molar-refractivity contribution in [2.75, 3.05) is 0 Å². The van der Waals surface area contributed by atoms with Crippen LogP contribution in [-0.4, -0.2) is 0 Å². The van der Waals surface area contributed by atoms with Crippen LogP contribution in [0.2, 0.25) is 0 Å². The molecule has 0 nitrogen and oxygen atoms in total.